The number of ether oxygens (including phenoxy) is 1. The zero-order chi connectivity index (χ0) is 24.8. The number of hydrogen-bond acceptors (Lipinski definition) is 6. The van der Waals surface area contributed by atoms with E-state index in [2.05, 4.69) is 15.2 Å². The molecule has 2 amide bonds. The Hall–Kier alpha value is -2.68. The quantitative estimate of drug-likeness (QED) is 0.642. The summed E-state index contributed by atoms with van der Waals surface area (Å²) in [6, 6.07) is 9.42. The first kappa shape index (κ1) is 23.7. The van der Waals surface area contributed by atoms with E-state index in [9.17, 15) is 14.7 Å². The average molecular weight is 511 g/mol. The van der Waals surface area contributed by atoms with Crippen molar-refractivity contribution in [3.63, 3.8) is 0 Å². The van der Waals surface area contributed by atoms with Gasteiger partial charge in [0.2, 0.25) is 5.91 Å². The lowest BCUT2D eigenvalue weighted by Crippen LogP contribution is -2.57. The van der Waals surface area contributed by atoms with E-state index in [0.29, 0.717) is 41.9 Å². The summed E-state index contributed by atoms with van der Waals surface area (Å²) in [4.78, 5) is 34.0. The summed E-state index contributed by atoms with van der Waals surface area (Å²) in [5, 5.41) is 12.9. The molecule has 1 aromatic carbocycles. The molecule has 0 radical (unpaired) electrons. The Bertz CT molecular complexity index is 1150. The van der Waals surface area contributed by atoms with E-state index in [1.54, 1.807) is 11.1 Å². The molecule has 3 fully saturated rings. The molecule has 1 aliphatic carbocycles. The highest BCUT2D eigenvalue weighted by Crippen LogP contribution is 2.36. The fraction of sp³-hybridized carbons (Fsp3) is 0.519. The molecule has 1 unspecified atom stereocenters. The number of benzene rings is 1. The van der Waals surface area contributed by atoms with Crippen LogP contribution in [0.25, 0.3) is 0 Å². The van der Waals surface area contributed by atoms with E-state index < -0.39 is 12.3 Å². The second kappa shape index (κ2) is 9.65. The van der Waals surface area contributed by atoms with E-state index in [4.69, 9.17) is 16.3 Å². The van der Waals surface area contributed by atoms with Gasteiger partial charge in [0, 0.05) is 49.0 Å². The van der Waals surface area contributed by atoms with Gasteiger partial charge < -0.3 is 20.1 Å². The first-order valence-corrected chi connectivity index (χ1v) is 13.3. The maximum atomic E-state index is 13.0. The Morgan fingerprint density at radius 2 is 1.89 bits per heavy atom. The molecule has 4 aliphatic rings. The summed E-state index contributed by atoms with van der Waals surface area (Å²) in [5.74, 6) is 0.782. The van der Waals surface area contributed by atoms with Crippen LogP contribution in [0.2, 0.25) is 5.02 Å². The smallest absolute Gasteiger partial charge is 0.255 e. The number of carbonyl (C=O) groups is 2. The first-order chi connectivity index (χ1) is 17.5. The largest absolute Gasteiger partial charge is 0.489 e. The number of aliphatic hydroxyl groups excluding tert-OH is 1. The monoisotopic (exact) mass is 510 g/mol. The van der Waals surface area contributed by atoms with Gasteiger partial charge in [0.1, 0.15) is 24.1 Å². The Balaban J connectivity index is 1.11. The number of nitrogens with zero attached hydrogens (tertiary/aromatic N) is 3. The molecule has 6 rings (SSSR count). The number of carbonyl (C=O) groups excluding carboxylic acids is 2. The summed E-state index contributed by atoms with van der Waals surface area (Å²) in [6.45, 7) is 2.34. The molecule has 1 saturated carbocycles. The van der Waals surface area contributed by atoms with Gasteiger partial charge in [-0.2, -0.15) is 0 Å². The molecule has 9 heteroatoms. The molecule has 0 bridgehead atoms. The number of aliphatic hydroxyl groups is 1. The number of pyridine rings is 1. The minimum Gasteiger partial charge on any atom is -0.489 e. The van der Waals surface area contributed by atoms with Crippen molar-refractivity contribution in [2.45, 2.75) is 75.4 Å². The van der Waals surface area contributed by atoms with Crippen molar-refractivity contribution in [3.8, 4) is 5.75 Å². The van der Waals surface area contributed by atoms with Crippen LogP contribution in [0.5, 0.6) is 5.75 Å². The van der Waals surface area contributed by atoms with Crippen LogP contribution in [0.3, 0.4) is 0 Å². The van der Waals surface area contributed by atoms with Crippen LogP contribution in [-0.4, -0.2) is 69.2 Å². The van der Waals surface area contributed by atoms with Crippen molar-refractivity contribution < 1.29 is 19.4 Å². The van der Waals surface area contributed by atoms with E-state index in [0.717, 1.165) is 49.4 Å². The van der Waals surface area contributed by atoms with E-state index in [1.807, 2.05) is 30.3 Å². The number of halogens is 1. The average Bonchev–Trinajstić information content (AvgIpc) is 3.16. The molecule has 2 N–H and O–H groups in total. The normalized spacial score (nSPS) is 29.0. The Morgan fingerprint density at radius 1 is 1.06 bits per heavy atom. The molecular weight excluding hydrogens is 480 g/mol. The lowest BCUT2D eigenvalue weighted by molar-refractivity contribution is -0.132. The molecule has 8 nitrogen and oxygen atoms in total. The van der Waals surface area contributed by atoms with Gasteiger partial charge in [-0.1, -0.05) is 18.0 Å². The van der Waals surface area contributed by atoms with Crippen molar-refractivity contribution in [3.05, 3.63) is 58.4 Å². The number of aromatic nitrogens is 1. The van der Waals surface area contributed by atoms with Crippen LogP contribution in [0.4, 0.5) is 0 Å². The van der Waals surface area contributed by atoms with Crippen LogP contribution < -0.4 is 10.1 Å². The Kier molecular flexibility index (Phi) is 6.35. The topological polar surface area (TPSA) is 95.0 Å². The van der Waals surface area contributed by atoms with Gasteiger partial charge in [0.15, 0.2) is 0 Å². The molecule has 190 valence electrons. The lowest BCUT2D eigenvalue weighted by Gasteiger charge is -2.48. The van der Waals surface area contributed by atoms with Crippen molar-refractivity contribution in [2.75, 3.05) is 13.1 Å². The van der Waals surface area contributed by atoms with Crippen molar-refractivity contribution >= 4 is 23.4 Å². The predicted octanol–water partition coefficient (Wildman–Crippen LogP) is 3.08. The van der Waals surface area contributed by atoms with Gasteiger partial charge in [0.05, 0.1) is 5.02 Å². The zero-order valence-corrected chi connectivity index (χ0v) is 20.9. The van der Waals surface area contributed by atoms with Gasteiger partial charge in [-0.15, -0.1) is 0 Å². The highest BCUT2D eigenvalue weighted by molar-refractivity contribution is 6.30. The third kappa shape index (κ3) is 4.46. The maximum Gasteiger partial charge on any atom is 0.255 e. The third-order valence-electron chi connectivity index (χ3n) is 8.11. The van der Waals surface area contributed by atoms with Crippen molar-refractivity contribution in [2.24, 2.45) is 0 Å². The molecule has 0 spiro atoms. The molecule has 4 atom stereocenters. The minimum atomic E-state index is -0.832. The molecule has 2 aromatic rings. The number of amides is 2. The van der Waals surface area contributed by atoms with Crippen LogP contribution >= 0.6 is 11.6 Å². The van der Waals surface area contributed by atoms with Gasteiger partial charge in [-0.25, -0.2) is 0 Å². The predicted molar refractivity (Wildman–Crippen MR) is 134 cm³/mol. The number of nitrogens with one attached hydrogen (secondary N) is 1. The van der Waals surface area contributed by atoms with Gasteiger partial charge in [0.25, 0.3) is 5.91 Å². The highest BCUT2D eigenvalue weighted by atomic mass is 35.5. The fourth-order valence-corrected chi connectivity index (χ4v) is 6.24. The number of piperidine rings is 1. The second-order valence-corrected chi connectivity index (χ2v) is 10.9. The summed E-state index contributed by atoms with van der Waals surface area (Å²) >= 11 is 5.99. The van der Waals surface area contributed by atoms with Crippen LogP contribution in [0.1, 0.15) is 66.1 Å². The molecule has 2 saturated heterocycles. The number of fused-ring (bicyclic) bond motifs is 1. The molecule has 3 aliphatic heterocycles. The highest BCUT2D eigenvalue weighted by Gasteiger charge is 2.41. The first-order valence-electron chi connectivity index (χ1n) is 12.9. The van der Waals surface area contributed by atoms with Crippen LogP contribution in [0.15, 0.2) is 36.5 Å². The van der Waals surface area contributed by atoms with Crippen molar-refractivity contribution in [1.82, 2.24) is 20.1 Å². The molecule has 1 aromatic heterocycles. The van der Waals surface area contributed by atoms with E-state index in [1.165, 1.54) is 6.42 Å². The maximum absolute atomic E-state index is 13.0. The minimum absolute atomic E-state index is 0.106. The summed E-state index contributed by atoms with van der Waals surface area (Å²) in [7, 11) is 0. The SMILES string of the molecule is O=C1NC(O)CC[C@@H]1N1Cc2cc(O[C@H]3CCCC[C@H]3N3CC(c4ccc(Cl)cn4)C3)ccc2C1=O. The van der Waals surface area contributed by atoms with Gasteiger partial charge >= 0.3 is 0 Å². The second-order valence-electron chi connectivity index (χ2n) is 10.4. The number of rotatable bonds is 5. The summed E-state index contributed by atoms with van der Waals surface area (Å²) < 4.78 is 6.54. The standard InChI is InChI=1S/C27H31ClN4O4/c28-18-5-8-21(29-12-18)17-13-31(14-17)22-3-1-2-4-24(22)36-19-6-7-20-16(11-19)15-32(27(20)35)23-9-10-25(33)30-26(23)34/h5-8,11-12,17,22-25,33H,1-4,9-10,13-15H2,(H,30,34)/t22-,23+,24+,25?/m1/s1. The zero-order valence-electron chi connectivity index (χ0n) is 20.1. The Morgan fingerprint density at radius 3 is 2.67 bits per heavy atom. The molecule has 36 heavy (non-hydrogen) atoms. The molecular formula is C27H31ClN4O4. The van der Waals surface area contributed by atoms with E-state index >= 15 is 0 Å². The number of likely N-dealkylation sites (tertiary alicyclic amines) is 1. The fourth-order valence-electron chi connectivity index (χ4n) is 6.13. The lowest BCUT2D eigenvalue weighted by atomic mass is 9.85. The van der Waals surface area contributed by atoms with Gasteiger partial charge in [-0.05, 0) is 68.0 Å². The Labute approximate surface area is 215 Å². The summed E-state index contributed by atoms with van der Waals surface area (Å²) in [6.07, 6.45) is 6.38. The van der Waals surface area contributed by atoms with Crippen LogP contribution in [0, 0.1) is 0 Å². The molecule has 4 heterocycles. The summed E-state index contributed by atoms with van der Waals surface area (Å²) in [5.41, 5.74) is 2.61. The third-order valence-corrected chi connectivity index (χ3v) is 8.34. The van der Waals surface area contributed by atoms with Crippen LogP contribution in [-0.2, 0) is 11.3 Å². The number of hydrogen-bond donors (Lipinski definition) is 2. The van der Waals surface area contributed by atoms with Gasteiger partial charge in [-0.3, -0.25) is 19.5 Å². The van der Waals surface area contributed by atoms with E-state index in [-0.39, 0.29) is 17.9 Å². The van der Waals surface area contributed by atoms with Crippen molar-refractivity contribution in [1.29, 1.82) is 0 Å².